The van der Waals surface area contributed by atoms with Crippen LogP contribution in [-0.4, -0.2) is 97.9 Å². The minimum absolute atomic E-state index is 0.0648. The lowest BCUT2D eigenvalue weighted by atomic mass is 10.1. The quantitative estimate of drug-likeness (QED) is 0.0799. The number of likely N-dealkylation sites (tertiary alicyclic amines) is 1. The molecule has 0 radical (unpaired) electrons. The molecule has 1 heterocycles. The third kappa shape index (κ3) is 106. The van der Waals surface area contributed by atoms with E-state index in [0.717, 1.165) is 82.9 Å². The summed E-state index contributed by atoms with van der Waals surface area (Å²) >= 11 is 10.3. The summed E-state index contributed by atoms with van der Waals surface area (Å²) in [5, 5.41) is 16.2. The molecule has 0 unspecified atom stereocenters. The minimum atomic E-state index is -0.0648. The molecule has 0 saturated carbocycles. The normalized spacial score (nSPS) is 9.97. The van der Waals surface area contributed by atoms with Gasteiger partial charge in [0.15, 0.2) is 10.2 Å². The molecule has 0 aromatic rings. The monoisotopic (exact) mass is 871 g/mol. The highest BCUT2D eigenvalue weighted by Gasteiger charge is 2.21. The van der Waals surface area contributed by atoms with Gasteiger partial charge in [-0.15, -0.1) is 6.58 Å². The van der Waals surface area contributed by atoms with Crippen LogP contribution in [0.4, 0.5) is 0 Å². The van der Waals surface area contributed by atoms with Crippen LogP contribution < -0.4 is 10.6 Å². The SMILES string of the molecule is C=C(C)C.CCC.CCC(C)CC.CCC(O)CC.CCCCC.CCCCCC.CCCOCC.CCNCC.CCOCC.CNC(=S)N(C)C(=S)N1CCC1. The Hall–Kier alpha value is -0.840. The second-order valence-corrected chi connectivity index (χ2v) is 14.8. The van der Waals surface area contributed by atoms with Crippen molar-refractivity contribution in [2.75, 3.05) is 66.7 Å². The van der Waals surface area contributed by atoms with E-state index < -0.39 is 0 Å². The Bertz CT molecular complexity index is 626. The van der Waals surface area contributed by atoms with E-state index in [9.17, 15) is 0 Å². The zero-order valence-corrected chi connectivity index (χ0v) is 45.5. The lowest BCUT2D eigenvalue weighted by Gasteiger charge is -2.37. The standard InChI is InChI=1S/C7H13N3S2.2C6H14.2C5H12O.C5H12.C4H11N.C4H10O.C4H8.C3H8/c1-8-6(11)9(2)7(12)10-4-3-5-10;1-4-6(3)5-2;2*1-3-5-6-4-2;1-3-5(6)4-2;3*1-3-5-4-2;1-4(2)3;1-3-2/h3-5H2,1-2H3,(H,8,11);6H,4-5H2,1-3H3;3-6H2,1-2H3;3-5H2,1-2H3;5-6H,3-4H2,1-2H3;3-5H2,1-2H3;5H,3-4H2,1-2H3;3-4H2,1-2H3;1H2,2-3H3;3H2,1-2H3. The maximum Gasteiger partial charge on any atom is 0.177 e. The summed E-state index contributed by atoms with van der Waals surface area (Å²) in [5.41, 5.74) is 1.17. The Kier molecular flexibility index (Phi) is 107. The van der Waals surface area contributed by atoms with Gasteiger partial charge in [-0.05, 0) is 104 Å². The number of hydrogen-bond acceptors (Lipinski definition) is 6. The third-order valence-electron chi connectivity index (χ3n) is 7.39. The first-order chi connectivity index (χ1) is 27.5. The molecule has 1 aliphatic rings. The number of aliphatic hydroxyl groups is 1. The highest BCUT2D eigenvalue weighted by Crippen LogP contribution is 2.09. The van der Waals surface area contributed by atoms with E-state index in [-0.39, 0.29) is 6.10 Å². The summed E-state index contributed by atoms with van der Waals surface area (Å²) in [5.74, 6) is 0.935. The molecule has 1 fully saturated rings. The van der Waals surface area contributed by atoms with E-state index in [1.54, 1.807) is 7.05 Å². The molecule has 1 rings (SSSR count). The number of allylic oxidation sites excluding steroid dienone is 1. The molecule has 0 aromatic carbocycles. The van der Waals surface area contributed by atoms with E-state index in [2.05, 4.69) is 105 Å². The average molecular weight is 872 g/mol. The van der Waals surface area contributed by atoms with Crippen molar-refractivity contribution in [2.45, 2.75) is 228 Å². The summed E-state index contributed by atoms with van der Waals surface area (Å²) in [6, 6.07) is 0. The van der Waals surface area contributed by atoms with Crippen molar-refractivity contribution in [1.82, 2.24) is 20.4 Å². The van der Waals surface area contributed by atoms with Crippen molar-refractivity contribution in [2.24, 2.45) is 5.92 Å². The average Bonchev–Trinajstić information content (AvgIpc) is 3.20. The second-order valence-electron chi connectivity index (χ2n) is 14.0. The highest BCUT2D eigenvalue weighted by molar-refractivity contribution is 7.81. The summed E-state index contributed by atoms with van der Waals surface area (Å²) in [7, 11) is 3.69. The summed E-state index contributed by atoms with van der Waals surface area (Å²) < 4.78 is 9.82. The van der Waals surface area contributed by atoms with Gasteiger partial charge in [-0.25, -0.2) is 0 Å². The van der Waals surface area contributed by atoms with Gasteiger partial charge in [-0.2, -0.15) is 0 Å². The predicted octanol–water partition coefficient (Wildman–Crippen LogP) is 14.9. The number of nitrogens with zero attached hydrogens (tertiary/aromatic N) is 2. The molecule has 360 valence electrons. The first-order valence-electron chi connectivity index (χ1n) is 23.9. The first-order valence-corrected chi connectivity index (χ1v) is 24.7. The molecule has 0 aromatic heterocycles. The predicted molar refractivity (Wildman–Crippen MR) is 279 cm³/mol. The van der Waals surface area contributed by atoms with Crippen LogP contribution in [0.15, 0.2) is 12.2 Å². The smallest absolute Gasteiger partial charge is 0.177 e. The van der Waals surface area contributed by atoms with Gasteiger partial charge in [0.05, 0.1) is 6.10 Å². The molecule has 9 heteroatoms. The molecular formula is C49H114N4O3S2. The van der Waals surface area contributed by atoms with E-state index in [0.29, 0.717) is 5.11 Å². The van der Waals surface area contributed by atoms with E-state index >= 15 is 0 Å². The first kappa shape index (κ1) is 77.7. The van der Waals surface area contributed by atoms with Crippen molar-refractivity contribution in [1.29, 1.82) is 0 Å². The number of hydrogen-bond donors (Lipinski definition) is 3. The minimum Gasteiger partial charge on any atom is -0.393 e. The van der Waals surface area contributed by atoms with Gasteiger partial charge >= 0.3 is 0 Å². The Balaban J connectivity index is -0.0000000675. The Morgan fingerprint density at radius 3 is 1.14 bits per heavy atom. The molecule has 0 atom stereocenters. The molecule has 7 nitrogen and oxygen atoms in total. The summed E-state index contributed by atoms with van der Waals surface area (Å²) in [4.78, 5) is 3.96. The molecule has 0 amide bonds. The van der Waals surface area contributed by atoms with Gasteiger partial charge < -0.3 is 30.1 Å². The summed E-state index contributed by atoms with van der Waals surface area (Å²) in [6.07, 6.45) is 17.6. The molecule has 3 N–H and O–H groups in total. The van der Waals surface area contributed by atoms with Crippen molar-refractivity contribution in [3.63, 3.8) is 0 Å². The van der Waals surface area contributed by atoms with Gasteiger partial charge in [-0.3, -0.25) is 4.90 Å². The lowest BCUT2D eigenvalue weighted by molar-refractivity contribution is 0.148. The molecule has 1 aliphatic heterocycles. The van der Waals surface area contributed by atoms with Crippen LogP contribution in [0.5, 0.6) is 0 Å². The molecule has 0 bridgehead atoms. The van der Waals surface area contributed by atoms with Crippen LogP contribution in [0.2, 0.25) is 0 Å². The number of unbranched alkanes of at least 4 members (excludes halogenated alkanes) is 5. The van der Waals surface area contributed by atoms with Crippen LogP contribution in [-0.2, 0) is 9.47 Å². The molecule has 0 aliphatic carbocycles. The zero-order chi connectivity index (χ0) is 47.4. The maximum absolute atomic E-state index is 8.67. The topological polar surface area (TPSA) is 69.2 Å². The number of rotatable bonds is 16. The Morgan fingerprint density at radius 1 is 0.672 bits per heavy atom. The van der Waals surface area contributed by atoms with Gasteiger partial charge in [0.1, 0.15) is 0 Å². The summed E-state index contributed by atoms with van der Waals surface area (Å²) in [6.45, 7) is 51.4. The zero-order valence-electron chi connectivity index (χ0n) is 43.9. The van der Waals surface area contributed by atoms with Crippen molar-refractivity contribution in [3.8, 4) is 0 Å². The molecular weight excluding hydrogens is 757 g/mol. The number of ether oxygens (including phenoxy) is 2. The molecule has 0 spiro atoms. The number of aliphatic hydroxyl groups excluding tert-OH is 1. The van der Waals surface area contributed by atoms with Crippen LogP contribution >= 0.6 is 24.4 Å². The van der Waals surface area contributed by atoms with E-state index in [1.807, 2.05) is 60.4 Å². The Labute approximate surface area is 380 Å². The number of thiocarbonyl (C=S) groups is 2. The second kappa shape index (κ2) is 80.2. The fourth-order valence-electron chi connectivity index (χ4n) is 3.15. The van der Waals surface area contributed by atoms with Crippen LogP contribution in [0.3, 0.4) is 0 Å². The lowest BCUT2D eigenvalue weighted by Crippen LogP contribution is -2.51. The fraction of sp³-hybridized carbons (Fsp3) is 0.918. The van der Waals surface area contributed by atoms with Crippen LogP contribution in [0, 0.1) is 5.92 Å². The van der Waals surface area contributed by atoms with E-state index in [1.165, 1.54) is 76.2 Å². The highest BCUT2D eigenvalue weighted by atomic mass is 32.1. The fourth-order valence-corrected chi connectivity index (χ4v) is 3.57. The van der Waals surface area contributed by atoms with Crippen molar-refractivity contribution >= 4 is 34.7 Å². The van der Waals surface area contributed by atoms with Crippen LogP contribution in [0.1, 0.15) is 221 Å². The van der Waals surface area contributed by atoms with Crippen molar-refractivity contribution < 1.29 is 14.6 Å². The molecule has 1 saturated heterocycles. The third-order valence-corrected chi connectivity index (χ3v) is 8.40. The van der Waals surface area contributed by atoms with Crippen LogP contribution in [0.25, 0.3) is 0 Å². The van der Waals surface area contributed by atoms with Gasteiger partial charge in [0.2, 0.25) is 0 Å². The maximum atomic E-state index is 8.67. The Morgan fingerprint density at radius 2 is 1.03 bits per heavy atom. The van der Waals surface area contributed by atoms with Gasteiger partial charge in [0.25, 0.3) is 0 Å². The molecule has 58 heavy (non-hydrogen) atoms. The largest absolute Gasteiger partial charge is 0.393 e. The van der Waals surface area contributed by atoms with Gasteiger partial charge in [-0.1, -0.05) is 167 Å². The van der Waals surface area contributed by atoms with Crippen molar-refractivity contribution in [3.05, 3.63) is 12.2 Å². The number of nitrogens with one attached hydrogen (secondary N) is 2. The van der Waals surface area contributed by atoms with E-state index in [4.69, 9.17) is 39.0 Å². The van der Waals surface area contributed by atoms with Gasteiger partial charge in [0, 0.05) is 53.6 Å².